The Hall–Kier alpha value is -0.780. The monoisotopic (exact) mass is 394 g/mol. The first kappa shape index (κ1) is 12.0. The Morgan fingerprint density at radius 2 is 1.95 bits per heavy atom. The topological polar surface area (TPSA) is 25.8 Å². The van der Waals surface area contributed by atoms with E-state index in [1.165, 1.54) is 10.1 Å². The van der Waals surface area contributed by atoms with Crippen molar-refractivity contribution >= 4 is 69.7 Å². The van der Waals surface area contributed by atoms with Crippen LogP contribution in [-0.2, 0) is 6.42 Å². The minimum absolute atomic E-state index is 0.996. The maximum absolute atomic E-state index is 4.80. The zero-order chi connectivity index (χ0) is 13.0. The standard InChI is InChI=1S/C14H8Br2N2S/c15-8-5-7-12(6-9(8)16)19-14-13(7)17-10-3-1-2-4-11(10)18-14/h1,3,5-6H,2,4H2. The van der Waals surface area contributed by atoms with Gasteiger partial charge in [-0.15, -0.1) is 11.3 Å². The van der Waals surface area contributed by atoms with Gasteiger partial charge < -0.3 is 0 Å². The lowest BCUT2D eigenvalue weighted by Crippen LogP contribution is -2.00. The van der Waals surface area contributed by atoms with Crippen LogP contribution in [0.2, 0.25) is 0 Å². The van der Waals surface area contributed by atoms with Gasteiger partial charge in [0, 0.05) is 19.0 Å². The van der Waals surface area contributed by atoms with Crippen molar-refractivity contribution in [2.24, 2.45) is 0 Å². The number of hydrogen-bond donors (Lipinski definition) is 0. The second-order valence-electron chi connectivity index (χ2n) is 4.51. The van der Waals surface area contributed by atoms with Crippen LogP contribution in [0.4, 0.5) is 0 Å². The Bertz CT molecular complexity index is 852. The summed E-state index contributed by atoms with van der Waals surface area (Å²) in [4.78, 5) is 10.6. The molecule has 94 valence electrons. The van der Waals surface area contributed by atoms with Gasteiger partial charge in [0.1, 0.15) is 10.3 Å². The highest BCUT2D eigenvalue weighted by atomic mass is 79.9. The van der Waals surface area contributed by atoms with E-state index in [2.05, 4.69) is 56.1 Å². The summed E-state index contributed by atoms with van der Waals surface area (Å²) in [5.41, 5.74) is 3.16. The van der Waals surface area contributed by atoms with Crippen LogP contribution in [0, 0.1) is 0 Å². The number of rotatable bonds is 0. The van der Waals surface area contributed by atoms with Crippen LogP contribution >= 0.6 is 43.2 Å². The molecule has 1 aliphatic carbocycles. The molecule has 0 bridgehead atoms. The average Bonchev–Trinajstić information content (AvgIpc) is 2.74. The molecular formula is C14H8Br2N2S. The van der Waals surface area contributed by atoms with Crippen LogP contribution in [-0.4, -0.2) is 9.97 Å². The Balaban J connectivity index is 2.13. The number of benzene rings is 1. The fourth-order valence-corrected chi connectivity index (χ4v) is 4.24. The quantitative estimate of drug-likeness (QED) is 0.514. The maximum Gasteiger partial charge on any atom is 0.143 e. The molecule has 4 rings (SSSR count). The highest BCUT2D eigenvalue weighted by molar-refractivity contribution is 9.13. The summed E-state index contributed by atoms with van der Waals surface area (Å²) in [6.07, 6.45) is 6.32. The maximum atomic E-state index is 4.80. The van der Waals surface area contributed by atoms with Crippen molar-refractivity contribution in [1.29, 1.82) is 0 Å². The van der Waals surface area contributed by atoms with E-state index in [0.717, 1.165) is 43.5 Å². The largest absolute Gasteiger partial charge is 0.243 e. The van der Waals surface area contributed by atoms with E-state index in [1.807, 2.05) is 0 Å². The summed E-state index contributed by atoms with van der Waals surface area (Å²) >= 11 is 8.81. The Morgan fingerprint density at radius 1 is 1.11 bits per heavy atom. The molecule has 3 aromatic rings. The number of nitrogens with zero attached hydrogens (tertiary/aromatic N) is 2. The van der Waals surface area contributed by atoms with Crippen molar-refractivity contribution in [3.05, 3.63) is 38.5 Å². The fraction of sp³-hybridized carbons (Fsp3) is 0.143. The molecule has 0 saturated carbocycles. The first-order valence-electron chi connectivity index (χ1n) is 5.97. The van der Waals surface area contributed by atoms with Gasteiger partial charge >= 0.3 is 0 Å². The van der Waals surface area contributed by atoms with Crippen LogP contribution < -0.4 is 0 Å². The molecule has 1 aliphatic rings. The number of allylic oxidation sites excluding steroid dienone is 1. The molecule has 0 aliphatic heterocycles. The summed E-state index contributed by atoms with van der Waals surface area (Å²) in [5.74, 6) is 0. The second kappa shape index (κ2) is 4.36. The highest BCUT2D eigenvalue weighted by Gasteiger charge is 2.14. The van der Waals surface area contributed by atoms with Crippen LogP contribution in [0.25, 0.3) is 26.5 Å². The molecule has 0 amide bonds. The summed E-state index contributed by atoms with van der Waals surface area (Å²) in [7, 11) is 0. The SMILES string of the molecule is Brc1cc2sc3nc4c(nc3c2cc1Br)C=CCC4. The third-order valence-corrected chi connectivity index (χ3v) is 6.15. The Labute approximate surface area is 130 Å². The van der Waals surface area contributed by atoms with E-state index in [-0.39, 0.29) is 0 Å². The van der Waals surface area contributed by atoms with E-state index in [0.29, 0.717) is 0 Å². The summed E-state index contributed by atoms with van der Waals surface area (Å²) in [6.45, 7) is 0. The molecule has 0 saturated heterocycles. The van der Waals surface area contributed by atoms with Crippen LogP contribution in [0.1, 0.15) is 17.8 Å². The zero-order valence-corrected chi connectivity index (χ0v) is 13.8. The molecule has 0 atom stereocenters. The van der Waals surface area contributed by atoms with Crippen LogP contribution in [0.5, 0.6) is 0 Å². The molecule has 5 heteroatoms. The lowest BCUT2D eigenvalue weighted by atomic mass is 10.1. The van der Waals surface area contributed by atoms with E-state index in [4.69, 9.17) is 9.97 Å². The minimum atomic E-state index is 0.996. The molecule has 2 aromatic heterocycles. The zero-order valence-electron chi connectivity index (χ0n) is 9.78. The molecule has 0 radical (unpaired) electrons. The number of halogens is 2. The summed E-state index contributed by atoms with van der Waals surface area (Å²) < 4.78 is 3.34. The molecule has 0 unspecified atom stereocenters. The molecule has 2 nitrogen and oxygen atoms in total. The lowest BCUT2D eigenvalue weighted by Gasteiger charge is -2.07. The predicted molar refractivity (Wildman–Crippen MR) is 87.7 cm³/mol. The van der Waals surface area contributed by atoms with E-state index in [9.17, 15) is 0 Å². The van der Waals surface area contributed by atoms with E-state index in [1.54, 1.807) is 11.3 Å². The van der Waals surface area contributed by atoms with Gasteiger partial charge in [-0.1, -0.05) is 6.08 Å². The van der Waals surface area contributed by atoms with Gasteiger partial charge in [0.25, 0.3) is 0 Å². The smallest absolute Gasteiger partial charge is 0.143 e. The van der Waals surface area contributed by atoms with E-state index < -0.39 is 0 Å². The molecule has 1 aromatic carbocycles. The molecular weight excluding hydrogens is 388 g/mol. The van der Waals surface area contributed by atoms with Gasteiger partial charge in [-0.25, -0.2) is 9.97 Å². The third kappa shape index (κ3) is 1.87. The third-order valence-electron chi connectivity index (χ3n) is 3.27. The van der Waals surface area contributed by atoms with E-state index >= 15 is 0 Å². The number of hydrogen-bond acceptors (Lipinski definition) is 3. The van der Waals surface area contributed by atoms with Crippen molar-refractivity contribution in [2.45, 2.75) is 12.8 Å². The molecule has 19 heavy (non-hydrogen) atoms. The summed E-state index contributed by atoms with van der Waals surface area (Å²) in [6, 6.07) is 4.24. The van der Waals surface area contributed by atoms with Gasteiger partial charge in [0.2, 0.25) is 0 Å². The van der Waals surface area contributed by atoms with Crippen LogP contribution in [0.3, 0.4) is 0 Å². The van der Waals surface area contributed by atoms with Gasteiger partial charge in [0.15, 0.2) is 0 Å². The number of aromatic nitrogens is 2. The Kier molecular flexibility index (Phi) is 2.76. The van der Waals surface area contributed by atoms with Gasteiger partial charge in [-0.3, -0.25) is 0 Å². The predicted octanol–water partition coefficient (Wildman–Crippen LogP) is 5.33. The first-order valence-corrected chi connectivity index (χ1v) is 8.37. The van der Waals surface area contributed by atoms with Crippen molar-refractivity contribution in [2.75, 3.05) is 0 Å². The Morgan fingerprint density at radius 3 is 2.84 bits per heavy atom. The van der Waals surface area contributed by atoms with Gasteiger partial charge in [0.05, 0.1) is 11.4 Å². The fourth-order valence-electron chi connectivity index (χ4n) is 2.35. The number of fused-ring (bicyclic) bond motifs is 4. The highest BCUT2D eigenvalue weighted by Crippen LogP contribution is 2.37. The minimum Gasteiger partial charge on any atom is -0.243 e. The molecule has 0 spiro atoms. The van der Waals surface area contributed by atoms with Crippen molar-refractivity contribution in [3.63, 3.8) is 0 Å². The van der Waals surface area contributed by atoms with Crippen molar-refractivity contribution in [3.8, 4) is 0 Å². The number of aryl methyl sites for hydroxylation is 1. The van der Waals surface area contributed by atoms with Crippen molar-refractivity contribution in [1.82, 2.24) is 9.97 Å². The van der Waals surface area contributed by atoms with Crippen LogP contribution in [0.15, 0.2) is 27.2 Å². The normalized spacial score (nSPS) is 14.2. The molecule has 2 heterocycles. The molecule has 0 fully saturated rings. The average molecular weight is 396 g/mol. The first-order chi connectivity index (χ1) is 9.22. The van der Waals surface area contributed by atoms with Gasteiger partial charge in [-0.2, -0.15) is 0 Å². The molecule has 0 N–H and O–H groups in total. The lowest BCUT2D eigenvalue weighted by molar-refractivity contribution is 0.923. The second-order valence-corrected chi connectivity index (χ2v) is 7.25. The van der Waals surface area contributed by atoms with Gasteiger partial charge in [-0.05, 0) is 62.9 Å². The summed E-state index contributed by atoms with van der Waals surface area (Å²) in [5, 5.41) is 1.17. The number of thiophene rings is 1. The van der Waals surface area contributed by atoms with Crippen molar-refractivity contribution < 1.29 is 0 Å².